The van der Waals surface area contributed by atoms with Crippen LogP contribution in [0.3, 0.4) is 0 Å². The van der Waals surface area contributed by atoms with Crippen molar-refractivity contribution in [2.24, 2.45) is 5.84 Å². The van der Waals surface area contributed by atoms with Crippen molar-refractivity contribution in [3.63, 3.8) is 0 Å². The van der Waals surface area contributed by atoms with E-state index in [-0.39, 0.29) is 5.91 Å². The van der Waals surface area contributed by atoms with Crippen LogP contribution >= 0.6 is 11.3 Å². The Kier molecular flexibility index (Phi) is 3.90. The first-order valence-electron chi connectivity index (χ1n) is 6.95. The Bertz CT molecular complexity index is 637. The molecule has 3 rings (SSSR count). The Morgan fingerprint density at radius 2 is 2.38 bits per heavy atom. The van der Waals surface area contributed by atoms with Crippen LogP contribution in [0.4, 0.5) is 5.69 Å². The monoisotopic (exact) mass is 302 g/mol. The summed E-state index contributed by atoms with van der Waals surface area (Å²) in [6, 6.07) is 6.20. The molecule has 0 bridgehead atoms. The number of aromatic nitrogens is 1. The lowest BCUT2D eigenvalue weighted by Gasteiger charge is -2.23. The summed E-state index contributed by atoms with van der Waals surface area (Å²) < 4.78 is 0. The molecule has 2 heterocycles. The van der Waals surface area contributed by atoms with Crippen molar-refractivity contribution in [3.05, 3.63) is 45.9 Å². The second kappa shape index (κ2) is 5.83. The fourth-order valence-corrected chi connectivity index (χ4v) is 3.03. The van der Waals surface area contributed by atoms with Gasteiger partial charge in [-0.05, 0) is 37.3 Å². The minimum atomic E-state index is -0.00801. The highest BCUT2D eigenvalue weighted by atomic mass is 32.1. The molecule has 2 aromatic heterocycles. The first-order chi connectivity index (χ1) is 10.2. The van der Waals surface area contributed by atoms with Crippen LogP contribution in [0.1, 0.15) is 33.8 Å². The SMILES string of the molecule is Cc1cc(NN)c(C(=O)N(Cc2cccs2)C2CC2)cn1. The molecule has 3 N–H and O–H groups in total. The van der Waals surface area contributed by atoms with Gasteiger partial charge in [0.25, 0.3) is 5.91 Å². The average molecular weight is 302 g/mol. The van der Waals surface area contributed by atoms with Gasteiger partial charge in [0.1, 0.15) is 0 Å². The van der Waals surface area contributed by atoms with Crippen LogP contribution in [0.25, 0.3) is 0 Å². The van der Waals surface area contributed by atoms with Gasteiger partial charge in [-0.25, -0.2) is 0 Å². The van der Waals surface area contributed by atoms with Crippen LogP contribution in [0.5, 0.6) is 0 Å². The number of nitrogen functional groups attached to an aromatic ring is 1. The lowest BCUT2D eigenvalue weighted by molar-refractivity contribution is 0.0732. The molecule has 110 valence electrons. The van der Waals surface area contributed by atoms with Gasteiger partial charge in [0.15, 0.2) is 0 Å². The highest BCUT2D eigenvalue weighted by Crippen LogP contribution is 2.31. The summed E-state index contributed by atoms with van der Waals surface area (Å²) in [6.07, 6.45) is 3.75. The summed E-state index contributed by atoms with van der Waals surface area (Å²) >= 11 is 1.67. The molecule has 6 heteroatoms. The Balaban J connectivity index is 1.87. The molecule has 2 aromatic rings. The number of nitrogens with two attached hydrogens (primary N) is 1. The van der Waals surface area contributed by atoms with Gasteiger partial charge in [-0.3, -0.25) is 15.6 Å². The number of carbonyl (C=O) groups excluding carboxylic acids is 1. The number of nitrogens with one attached hydrogen (secondary N) is 1. The minimum Gasteiger partial charge on any atom is -0.330 e. The molecular weight excluding hydrogens is 284 g/mol. The molecule has 1 aliphatic rings. The van der Waals surface area contributed by atoms with Gasteiger partial charge in [0, 0.05) is 22.8 Å². The molecule has 0 spiro atoms. The minimum absolute atomic E-state index is 0.00801. The number of thiophene rings is 1. The van der Waals surface area contributed by atoms with Crippen molar-refractivity contribution >= 4 is 22.9 Å². The van der Waals surface area contributed by atoms with Gasteiger partial charge in [0.2, 0.25) is 0 Å². The fraction of sp³-hybridized carbons (Fsp3) is 0.333. The number of anilines is 1. The zero-order valence-corrected chi connectivity index (χ0v) is 12.7. The zero-order chi connectivity index (χ0) is 14.8. The molecule has 0 radical (unpaired) electrons. The number of nitrogens with zero attached hydrogens (tertiary/aromatic N) is 2. The quantitative estimate of drug-likeness (QED) is 0.658. The predicted molar refractivity (Wildman–Crippen MR) is 84.0 cm³/mol. The number of hydrazine groups is 1. The zero-order valence-electron chi connectivity index (χ0n) is 11.9. The first-order valence-corrected chi connectivity index (χ1v) is 7.83. The molecule has 1 fully saturated rings. The first kappa shape index (κ1) is 14.0. The maximum atomic E-state index is 12.8. The second-order valence-corrected chi connectivity index (χ2v) is 6.29. The van der Waals surface area contributed by atoms with Crippen LogP contribution in [0, 0.1) is 6.92 Å². The highest BCUT2D eigenvalue weighted by molar-refractivity contribution is 7.09. The third-order valence-electron chi connectivity index (χ3n) is 3.58. The van der Waals surface area contributed by atoms with E-state index in [1.165, 1.54) is 4.88 Å². The summed E-state index contributed by atoms with van der Waals surface area (Å²) in [5.41, 5.74) is 4.60. The lowest BCUT2D eigenvalue weighted by Crippen LogP contribution is -2.33. The largest absolute Gasteiger partial charge is 0.330 e. The lowest BCUT2D eigenvalue weighted by atomic mass is 10.2. The topological polar surface area (TPSA) is 71.2 Å². The van der Waals surface area contributed by atoms with Gasteiger partial charge in [-0.1, -0.05) is 6.07 Å². The van der Waals surface area contributed by atoms with Crippen LogP contribution < -0.4 is 11.3 Å². The maximum absolute atomic E-state index is 12.8. The Labute approximate surface area is 127 Å². The van der Waals surface area contributed by atoms with Crippen LogP contribution in [0.2, 0.25) is 0 Å². The molecule has 0 aromatic carbocycles. The van der Waals surface area contributed by atoms with E-state index in [1.807, 2.05) is 23.3 Å². The van der Waals surface area contributed by atoms with Gasteiger partial charge in [-0.15, -0.1) is 11.3 Å². The Morgan fingerprint density at radius 3 is 3.00 bits per heavy atom. The van der Waals surface area contributed by atoms with Crippen molar-refractivity contribution in [2.45, 2.75) is 32.4 Å². The fourth-order valence-electron chi connectivity index (χ4n) is 2.33. The van der Waals surface area contributed by atoms with E-state index in [4.69, 9.17) is 5.84 Å². The molecule has 0 saturated heterocycles. The van der Waals surface area contributed by atoms with E-state index in [2.05, 4.69) is 16.5 Å². The normalized spacial score (nSPS) is 14.0. The number of aryl methyl sites for hydroxylation is 1. The van der Waals surface area contributed by atoms with E-state index in [1.54, 1.807) is 23.6 Å². The number of hydrogen-bond donors (Lipinski definition) is 2. The van der Waals surface area contributed by atoms with Gasteiger partial charge >= 0.3 is 0 Å². The standard InChI is InChI=1S/C15H18N4OS/c1-10-7-14(18-16)13(8-17-10)15(20)19(11-4-5-11)9-12-3-2-6-21-12/h2-3,6-8,11H,4-5,9,16H2,1H3,(H,17,18). The van der Waals surface area contributed by atoms with Gasteiger partial charge in [-0.2, -0.15) is 0 Å². The molecule has 21 heavy (non-hydrogen) atoms. The number of pyridine rings is 1. The summed E-state index contributed by atoms with van der Waals surface area (Å²) in [6.45, 7) is 2.53. The molecule has 5 nitrogen and oxygen atoms in total. The van der Waals surface area contributed by atoms with Crippen molar-refractivity contribution < 1.29 is 4.79 Å². The summed E-state index contributed by atoms with van der Waals surface area (Å²) in [5, 5.41) is 2.03. The van der Waals surface area contributed by atoms with Crippen molar-refractivity contribution in [2.75, 3.05) is 5.43 Å². The van der Waals surface area contributed by atoms with Crippen LogP contribution in [-0.4, -0.2) is 21.8 Å². The van der Waals surface area contributed by atoms with Crippen LogP contribution in [-0.2, 0) is 6.54 Å². The Morgan fingerprint density at radius 1 is 1.57 bits per heavy atom. The number of rotatable bonds is 5. The molecular formula is C15H18N4OS. The smallest absolute Gasteiger partial charge is 0.258 e. The maximum Gasteiger partial charge on any atom is 0.258 e. The van der Waals surface area contributed by atoms with Gasteiger partial charge in [0.05, 0.1) is 17.8 Å². The van der Waals surface area contributed by atoms with Crippen molar-refractivity contribution in [1.82, 2.24) is 9.88 Å². The third-order valence-corrected chi connectivity index (χ3v) is 4.44. The van der Waals surface area contributed by atoms with E-state index in [9.17, 15) is 4.79 Å². The molecule has 0 unspecified atom stereocenters. The number of amides is 1. The third kappa shape index (κ3) is 3.06. The number of hydrogen-bond acceptors (Lipinski definition) is 5. The summed E-state index contributed by atoms with van der Waals surface area (Å²) in [7, 11) is 0. The van der Waals surface area contributed by atoms with E-state index in [0.717, 1.165) is 18.5 Å². The molecule has 1 aliphatic carbocycles. The Hall–Kier alpha value is -1.92. The van der Waals surface area contributed by atoms with Crippen molar-refractivity contribution in [3.8, 4) is 0 Å². The van der Waals surface area contributed by atoms with E-state index < -0.39 is 0 Å². The predicted octanol–water partition coefficient (Wildman–Crippen LogP) is 2.54. The van der Waals surface area contributed by atoms with E-state index in [0.29, 0.717) is 23.8 Å². The second-order valence-electron chi connectivity index (χ2n) is 5.26. The van der Waals surface area contributed by atoms with Gasteiger partial charge < -0.3 is 10.3 Å². The highest BCUT2D eigenvalue weighted by Gasteiger charge is 2.34. The van der Waals surface area contributed by atoms with E-state index >= 15 is 0 Å². The summed E-state index contributed by atoms with van der Waals surface area (Å²) in [5.74, 6) is 5.53. The average Bonchev–Trinajstić information content (AvgIpc) is 3.20. The molecule has 0 atom stereocenters. The number of carbonyl (C=O) groups is 1. The summed E-state index contributed by atoms with van der Waals surface area (Å²) in [4.78, 5) is 20.2. The molecule has 1 saturated carbocycles. The van der Waals surface area contributed by atoms with Crippen LogP contribution in [0.15, 0.2) is 29.8 Å². The molecule has 0 aliphatic heterocycles. The molecule has 1 amide bonds. The van der Waals surface area contributed by atoms with Crippen molar-refractivity contribution in [1.29, 1.82) is 0 Å².